The van der Waals surface area contributed by atoms with Crippen molar-refractivity contribution in [2.24, 2.45) is 0 Å². The highest BCUT2D eigenvalue weighted by Gasteiger charge is 2.37. The summed E-state index contributed by atoms with van der Waals surface area (Å²) in [7, 11) is 0. The summed E-state index contributed by atoms with van der Waals surface area (Å²) in [5.74, 6) is 0. The van der Waals surface area contributed by atoms with Crippen molar-refractivity contribution < 1.29 is 24.2 Å². The monoisotopic (exact) mass is 700 g/mol. The second kappa shape index (κ2) is 15.6. The van der Waals surface area contributed by atoms with E-state index in [1.165, 1.54) is 0 Å². The molecule has 0 radical (unpaired) electrons. The van der Waals surface area contributed by atoms with Crippen LogP contribution in [0.4, 0.5) is 9.59 Å². The molecule has 45 heavy (non-hydrogen) atoms. The highest BCUT2D eigenvalue weighted by atomic mass is 35.5. The quantitative estimate of drug-likeness (QED) is 0.282. The topological polar surface area (TPSA) is 79.3 Å². The molecule has 7 nitrogen and oxygen atoms in total. The molecule has 2 fully saturated rings. The fraction of sp³-hybridized carbons (Fsp3) is 0.529. The molecule has 4 rings (SSSR count). The van der Waals surface area contributed by atoms with Crippen LogP contribution in [0.15, 0.2) is 30.8 Å². The summed E-state index contributed by atoms with van der Waals surface area (Å²) in [5, 5.41) is 10.9. The van der Waals surface area contributed by atoms with Crippen LogP contribution in [-0.2, 0) is 29.0 Å². The SMILES string of the molecule is C=Cc1cc(Cl)c(Cl)c(CN(C(=O)OC(C)(C)C)C2CC2)c1.CC(C)(C)OC(=O)N(Cc1cc(CCO)cc(Cl)c1Cl)C1CC1. The highest BCUT2D eigenvalue weighted by molar-refractivity contribution is 6.43. The number of rotatable bonds is 9. The summed E-state index contributed by atoms with van der Waals surface area (Å²) in [6.07, 6.45) is 5.49. The van der Waals surface area contributed by atoms with Crippen molar-refractivity contribution in [3.05, 3.63) is 73.2 Å². The molecule has 0 bridgehead atoms. The number of carbonyl (C=O) groups is 2. The maximum absolute atomic E-state index is 12.4. The van der Waals surface area contributed by atoms with Crippen LogP contribution in [-0.4, -0.2) is 57.0 Å². The number of nitrogens with zero attached hydrogens (tertiary/aromatic N) is 2. The van der Waals surface area contributed by atoms with Crippen LogP contribution in [0, 0.1) is 0 Å². The first kappa shape index (κ1) is 37.3. The van der Waals surface area contributed by atoms with E-state index in [1.807, 2.05) is 53.7 Å². The minimum Gasteiger partial charge on any atom is -0.444 e. The maximum atomic E-state index is 12.4. The van der Waals surface area contributed by atoms with Crippen molar-refractivity contribution in [1.29, 1.82) is 0 Å². The van der Waals surface area contributed by atoms with E-state index in [2.05, 4.69) is 6.58 Å². The van der Waals surface area contributed by atoms with Crippen molar-refractivity contribution in [2.45, 2.75) is 110 Å². The van der Waals surface area contributed by atoms with Crippen LogP contribution < -0.4 is 0 Å². The second-order valence-corrected chi connectivity index (χ2v) is 15.0. The Morgan fingerprint density at radius 3 is 1.60 bits per heavy atom. The number of aliphatic hydroxyl groups excluding tert-OH is 1. The number of carbonyl (C=O) groups excluding carboxylic acids is 2. The minimum absolute atomic E-state index is 0.0375. The van der Waals surface area contributed by atoms with Crippen molar-refractivity contribution in [2.75, 3.05) is 6.61 Å². The number of amides is 2. The third-order valence-corrected chi connectivity index (χ3v) is 8.52. The van der Waals surface area contributed by atoms with Crippen molar-refractivity contribution in [1.82, 2.24) is 9.80 Å². The fourth-order valence-corrected chi connectivity index (χ4v) is 5.31. The lowest BCUT2D eigenvalue weighted by molar-refractivity contribution is 0.0206. The molecule has 2 aromatic rings. The van der Waals surface area contributed by atoms with Crippen LogP contribution in [0.5, 0.6) is 0 Å². The molecule has 0 saturated heterocycles. The first-order valence-corrected chi connectivity index (χ1v) is 16.6. The third kappa shape index (κ3) is 11.9. The van der Waals surface area contributed by atoms with Gasteiger partial charge in [0.05, 0.1) is 33.2 Å². The van der Waals surface area contributed by atoms with Gasteiger partial charge in [0.15, 0.2) is 0 Å². The zero-order valence-corrected chi connectivity index (χ0v) is 29.9. The molecule has 0 aliphatic heterocycles. The molecule has 0 aromatic heterocycles. The van der Waals surface area contributed by atoms with Crippen LogP contribution in [0.2, 0.25) is 20.1 Å². The standard InChI is InChI=1S/C17H23Cl2NO3.C17H21Cl2NO2/c1-17(2,3)23-16(22)20(13-4-5-13)10-12-8-11(6-7-21)9-14(18)15(12)19;1-5-11-8-12(15(19)14(18)9-11)10-20(13-6-7-13)16(21)22-17(2,3)4/h8-9,13,21H,4-7,10H2,1-3H3;5,8-9,13H,1,6-7,10H2,2-4H3. The number of hydrogen-bond donors (Lipinski definition) is 1. The van der Waals surface area contributed by atoms with E-state index in [0.29, 0.717) is 39.6 Å². The smallest absolute Gasteiger partial charge is 0.410 e. The normalized spacial score (nSPS) is 14.6. The number of aliphatic hydroxyl groups is 1. The Morgan fingerprint density at radius 2 is 1.22 bits per heavy atom. The molecule has 0 spiro atoms. The highest BCUT2D eigenvalue weighted by Crippen LogP contribution is 2.35. The Bertz CT molecular complexity index is 1380. The van der Waals surface area contributed by atoms with Crippen LogP contribution in [0.1, 0.15) is 89.5 Å². The number of benzene rings is 2. The molecule has 2 aromatic carbocycles. The van der Waals surface area contributed by atoms with Gasteiger partial charge in [-0.15, -0.1) is 0 Å². The lowest BCUT2D eigenvalue weighted by Gasteiger charge is -2.28. The largest absolute Gasteiger partial charge is 0.444 e. The van der Waals surface area contributed by atoms with E-state index in [9.17, 15) is 9.59 Å². The summed E-state index contributed by atoms with van der Waals surface area (Å²) < 4.78 is 11.0. The van der Waals surface area contributed by atoms with Gasteiger partial charge in [-0.1, -0.05) is 65.1 Å². The zero-order chi connectivity index (χ0) is 33.7. The molecule has 2 amide bonds. The van der Waals surface area contributed by atoms with Gasteiger partial charge in [0.2, 0.25) is 0 Å². The summed E-state index contributed by atoms with van der Waals surface area (Å²) in [4.78, 5) is 28.3. The molecule has 1 N–H and O–H groups in total. The van der Waals surface area contributed by atoms with E-state index in [0.717, 1.165) is 47.9 Å². The summed E-state index contributed by atoms with van der Waals surface area (Å²) in [6, 6.07) is 7.72. The van der Waals surface area contributed by atoms with E-state index in [1.54, 1.807) is 28.0 Å². The van der Waals surface area contributed by atoms with Gasteiger partial charge in [-0.2, -0.15) is 0 Å². The molecule has 0 unspecified atom stereocenters. The Kier molecular flexibility index (Phi) is 12.9. The van der Waals surface area contributed by atoms with Crippen LogP contribution in [0.3, 0.4) is 0 Å². The van der Waals surface area contributed by atoms with Crippen LogP contribution >= 0.6 is 46.4 Å². The number of halogens is 4. The van der Waals surface area contributed by atoms with Gasteiger partial charge >= 0.3 is 12.2 Å². The van der Waals surface area contributed by atoms with Crippen molar-refractivity contribution in [3.8, 4) is 0 Å². The summed E-state index contributed by atoms with van der Waals surface area (Å²) >= 11 is 24.9. The van der Waals surface area contributed by atoms with E-state index < -0.39 is 11.2 Å². The van der Waals surface area contributed by atoms with Crippen LogP contribution in [0.25, 0.3) is 6.08 Å². The van der Waals surface area contributed by atoms with Gasteiger partial charge in [-0.25, -0.2) is 9.59 Å². The van der Waals surface area contributed by atoms with Gasteiger partial charge in [0, 0.05) is 18.7 Å². The summed E-state index contributed by atoms with van der Waals surface area (Å²) in [5.41, 5.74) is 2.31. The molecular weight excluding hydrogens is 658 g/mol. The Balaban J connectivity index is 0.000000246. The Morgan fingerprint density at radius 1 is 0.800 bits per heavy atom. The molecule has 2 saturated carbocycles. The molecule has 2 aliphatic rings. The lowest BCUT2D eigenvalue weighted by atomic mass is 10.1. The average Bonchev–Trinajstić information content (AvgIpc) is 3.83. The summed E-state index contributed by atoms with van der Waals surface area (Å²) in [6.45, 7) is 15.7. The van der Waals surface area contributed by atoms with Gasteiger partial charge in [0.25, 0.3) is 0 Å². The van der Waals surface area contributed by atoms with Crippen molar-refractivity contribution in [3.63, 3.8) is 0 Å². The Labute approximate surface area is 287 Å². The predicted molar refractivity (Wildman–Crippen MR) is 183 cm³/mol. The first-order valence-electron chi connectivity index (χ1n) is 15.1. The fourth-order valence-electron chi connectivity index (χ4n) is 4.47. The molecule has 248 valence electrons. The predicted octanol–water partition coefficient (Wildman–Crippen LogP) is 9.96. The van der Waals surface area contributed by atoms with Gasteiger partial charge in [-0.05, 0) is 114 Å². The second-order valence-electron chi connectivity index (χ2n) is 13.4. The van der Waals surface area contributed by atoms with E-state index >= 15 is 0 Å². The van der Waals surface area contributed by atoms with Crippen molar-refractivity contribution >= 4 is 64.7 Å². The van der Waals surface area contributed by atoms with Gasteiger partial charge in [-0.3, -0.25) is 0 Å². The number of hydrogen-bond acceptors (Lipinski definition) is 5. The molecule has 0 atom stereocenters. The average molecular weight is 703 g/mol. The van der Waals surface area contributed by atoms with E-state index in [4.69, 9.17) is 61.0 Å². The molecule has 11 heteroatoms. The molecular formula is C34H44Cl4N2O5. The van der Waals surface area contributed by atoms with Gasteiger partial charge < -0.3 is 24.4 Å². The Hall–Kier alpha value is -2.16. The zero-order valence-electron chi connectivity index (χ0n) is 26.9. The number of ether oxygens (including phenoxy) is 2. The first-order chi connectivity index (χ1) is 20.9. The third-order valence-electron chi connectivity index (χ3n) is 6.84. The lowest BCUT2D eigenvalue weighted by Crippen LogP contribution is -2.37. The molecule has 2 aliphatic carbocycles. The molecule has 0 heterocycles. The van der Waals surface area contributed by atoms with Gasteiger partial charge in [0.1, 0.15) is 11.2 Å². The maximum Gasteiger partial charge on any atom is 0.410 e. The minimum atomic E-state index is -0.537. The van der Waals surface area contributed by atoms with E-state index in [-0.39, 0.29) is 30.9 Å².